The number of ether oxygens (including phenoxy) is 2. The van der Waals surface area contributed by atoms with Crippen molar-refractivity contribution in [3.63, 3.8) is 0 Å². The second-order valence-electron chi connectivity index (χ2n) is 11.0. The number of halogens is 6. The number of amides is 4. The number of aryl methyl sites for hydroxylation is 1. The number of nitrogens with one attached hydrogen (secondary N) is 1. The first-order valence-corrected chi connectivity index (χ1v) is 13.9. The first-order valence-electron chi connectivity index (χ1n) is 13.9. The highest BCUT2D eigenvalue weighted by atomic mass is 19.4. The SMILES string of the molecule is CCCc1cc(C(O)(C(F)(F)F)C(F)(F)F)ncc1N1CCN(C(=O)CN2C(=O)NC(C)(c3ccc4c(c3)OCO4)C2=O)CC1. The molecular formula is C28H29F6N5O6. The van der Waals surface area contributed by atoms with E-state index in [1.54, 1.807) is 30.0 Å². The topological polar surface area (TPSA) is 125 Å². The standard InChI is InChI=1S/C28H29F6N5O6/c1-3-4-16-11-21(26(43,27(29,30)31)28(32,33)34)35-13-18(16)37-7-9-38(10-8-37)22(40)14-39-23(41)25(2,36-24(39)42)17-5-6-19-20(12-17)45-15-44-19/h5-6,11-13,43H,3-4,7-10,14-15H2,1-2H3,(H,36,42). The number of hydrogen-bond donors (Lipinski definition) is 2. The van der Waals surface area contributed by atoms with Crippen molar-refractivity contribution in [2.45, 2.75) is 50.2 Å². The van der Waals surface area contributed by atoms with Crippen LogP contribution in [0.4, 0.5) is 36.8 Å². The number of rotatable bonds is 7. The number of carbonyl (C=O) groups is 3. The number of imide groups is 1. The Bertz CT molecular complexity index is 1500. The summed E-state index contributed by atoms with van der Waals surface area (Å²) >= 11 is 0. The smallest absolute Gasteiger partial charge is 0.432 e. The van der Waals surface area contributed by atoms with E-state index in [1.807, 2.05) is 0 Å². The lowest BCUT2D eigenvalue weighted by Gasteiger charge is -2.38. The van der Waals surface area contributed by atoms with Crippen LogP contribution in [0.15, 0.2) is 30.5 Å². The fourth-order valence-corrected chi connectivity index (χ4v) is 5.57. The van der Waals surface area contributed by atoms with Crippen LogP contribution < -0.4 is 19.7 Å². The van der Waals surface area contributed by atoms with Crippen LogP contribution in [0.3, 0.4) is 0 Å². The number of carbonyl (C=O) groups excluding carboxylic acids is 3. The van der Waals surface area contributed by atoms with Gasteiger partial charge in [0.05, 0.1) is 17.6 Å². The van der Waals surface area contributed by atoms with Gasteiger partial charge in [0.2, 0.25) is 12.7 Å². The maximum Gasteiger partial charge on any atom is 0.432 e. The van der Waals surface area contributed by atoms with Crippen molar-refractivity contribution in [3.8, 4) is 11.5 Å². The molecule has 2 saturated heterocycles. The van der Waals surface area contributed by atoms with E-state index in [1.165, 1.54) is 11.8 Å². The van der Waals surface area contributed by atoms with Crippen LogP contribution in [-0.4, -0.2) is 89.6 Å². The van der Waals surface area contributed by atoms with Gasteiger partial charge in [-0.15, -0.1) is 0 Å². The number of nitrogens with zero attached hydrogens (tertiary/aromatic N) is 4. The molecule has 244 valence electrons. The Morgan fingerprint density at radius 3 is 2.29 bits per heavy atom. The van der Waals surface area contributed by atoms with Gasteiger partial charge in [0.1, 0.15) is 12.1 Å². The molecule has 2 fully saturated rings. The number of aromatic nitrogens is 1. The number of pyridine rings is 1. The molecule has 1 aromatic heterocycles. The highest BCUT2D eigenvalue weighted by molar-refractivity contribution is 6.09. The lowest BCUT2D eigenvalue weighted by Crippen LogP contribution is -2.54. The van der Waals surface area contributed by atoms with Crippen molar-refractivity contribution in [2.24, 2.45) is 0 Å². The van der Waals surface area contributed by atoms with Crippen LogP contribution in [0, 0.1) is 0 Å². The summed E-state index contributed by atoms with van der Waals surface area (Å²) in [6.07, 6.45) is -10.8. The molecule has 5 rings (SSSR count). The maximum absolute atomic E-state index is 13.4. The largest absolute Gasteiger partial charge is 0.454 e. The monoisotopic (exact) mass is 645 g/mol. The average Bonchev–Trinajstić information content (AvgIpc) is 3.54. The number of anilines is 1. The van der Waals surface area contributed by atoms with Gasteiger partial charge in [0.25, 0.3) is 11.5 Å². The lowest BCUT2D eigenvalue weighted by atomic mass is 9.91. The number of alkyl halides is 6. The van der Waals surface area contributed by atoms with Gasteiger partial charge in [-0.1, -0.05) is 19.4 Å². The minimum atomic E-state index is -6.06. The number of urea groups is 1. The van der Waals surface area contributed by atoms with E-state index < -0.39 is 53.6 Å². The zero-order valence-electron chi connectivity index (χ0n) is 24.1. The predicted molar refractivity (Wildman–Crippen MR) is 143 cm³/mol. The van der Waals surface area contributed by atoms with E-state index in [0.717, 1.165) is 11.1 Å². The molecule has 1 aromatic carbocycles. The van der Waals surface area contributed by atoms with Gasteiger partial charge in [-0.05, 0) is 42.7 Å². The normalized spacial score (nSPS) is 20.6. The summed E-state index contributed by atoms with van der Waals surface area (Å²) in [6, 6.07) is 4.65. The summed E-state index contributed by atoms with van der Waals surface area (Å²) in [6.45, 7) is 3.12. The van der Waals surface area contributed by atoms with Crippen molar-refractivity contribution in [1.82, 2.24) is 20.1 Å². The molecule has 0 aliphatic carbocycles. The molecule has 17 heteroatoms. The van der Waals surface area contributed by atoms with E-state index in [2.05, 4.69) is 10.3 Å². The summed E-state index contributed by atoms with van der Waals surface area (Å²) in [5.41, 5.74) is -7.37. The van der Waals surface area contributed by atoms with Crippen LogP contribution in [0.2, 0.25) is 0 Å². The molecule has 0 bridgehead atoms. The summed E-state index contributed by atoms with van der Waals surface area (Å²) in [7, 11) is 0. The van der Waals surface area contributed by atoms with Crippen LogP contribution >= 0.6 is 0 Å². The Hall–Kier alpha value is -4.28. The molecule has 3 aliphatic rings. The minimum Gasteiger partial charge on any atom is -0.454 e. The summed E-state index contributed by atoms with van der Waals surface area (Å²) in [4.78, 5) is 46.5. The van der Waals surface area contributed by atoms with Gasteiger partial charge >= 0.3 is 18.4 Å². The minimum absolute atomic E-state index is 0.0188. The number of benzene rings is 1. The third kappa shape index (κ3) is 5.46. The third-order valence-electron chi connectivity index (χ3n) is 8.17. The van der Waals surface area contributed by atoms with Crippen LogP contribution in [0.1, 0.15) is 37.1 Å². The van der Waals surface area contributed by atoms with Crippen LogP contribution in [-0.2, 0) is 27.1 Å². The summed E-state index contributed by atoms with van der Waals surface area (Å²) in [5.74, 6) is -0.281. The fraction of sp³-hybridized carbons (Fsp3) is 0.500. The molecule has 4 heterocycles. The van der Waals surface area contributed by atoms with E-state index in [4.69, 9.17) is 9.47 Å². The van der Waals surface area contributed by atoms with Crippen molar-refractivity contribution in [3.05, 3.63) is 47.3 Å². The molecular weight excluding hydrogens is 616 g/mol. The Kier molecular flexibility index (Phi) is 8.04. The van der Waals surface area contributed by atoms with Crippen molar-refractivity contribution < 1.29 is 55.3 Å². The van der Waals surface area contributed by atoms with Gasteiger partial charge in [-0.25, -0.2) is 4.79 Å². The van der Waals surface area contributed by atoms with Crippen molar-refractivity contribution in [1.29, 1.82) is 0 Å². The molecule has 11 nitrogen and oxygen atoms in total. The first-order chi connectivity index (χ1) is 21.0. The predicted octanol–water partition coefficient (Wildman–Crippen LogP) is 3.19. The van der Waals surface area contributed by atoms with Gasteiger partial charge in [-0.3, -0.25) is 19.5 Å². The van der Waals surface area contributed by atoms with Gasteiger partial charge in [0.15, 0.2) is 11.5 Å². The maximum atomic E-state index is 13.4. The van der Waals surface area contributed by atoms with Gasteiger partial charge in [-0.2, -0.15) is 26.3 Å². The molecule has 0 radical (unpaired) electrons. The zero-order chi connectivity index (χ0) is 32.9. The molecule has 1 unspecified atom stereocenters. The van der Waals surface area contributed by atoms with E-state index in [-0.39, 0.29) is 50.6 Å². The molecule has 4 amide bonds. The second kappa shape index (κ2) is 11.3. The van der Waals surface area contributed by atoms with E-state index in [0.29, 0.717) is 29.5 Å². The van der Waals surface area contributed by atoms with E-state index in [9.17, 15) is 45.8 Å². The Morgan fingerprint density at radius 2 is 1.67 bits per heavy atom. The molecule has 2 N–H and O–H groups in total. The van der Waals surface area contributed by atoms with Gasteiger partial charge in [0, 0.05) is 26.2 Å². The summed E-state index contributed by atoms with van der Waals surface area (Å²) < 4.78 is 91.2. The molecule has 45 heavy (non-hydrogen) atoms. The van der Waals surface area contributed by atoms with E-state index >= 15 is 0 Å². The third-order valence-corrected chi connectivity index (χ3v) is 8.17. The second-order valence-corrected chi connectivity index (χ2v) is 11.0. The Balaban J connectivity index is 1.27. The molecule has 1 atom stereocenters. The first kappa shape index (κ1) is 32.1. The quantitative estimate of drug-likeness (QED) is 0.348. The molecule has 0 saturated carbocycles. The Labute approximate surface area is 252 Å². The number of piperazine rings is 1. The highest BCUT2D eigenvalue weighted by Crippen LogP contribution is 2.50. The zero-order valence-corrected chi connectivity index (χ0v) is 24.1. The number of fused-ring (bicyclic) bond motifs is 1. The van der Waals surface area contributed by atoms with Gasteiger partial charge < -0.3 is 29.7 Å². The number of hydrogen-bond acceptors (Lipinski definition) is 8. The van der Waals surface area contributed by atoms with Crippen LogP contribution in [0.25, 0.3) is 0 Å². The number of aliphatic hydroxyl groups is 1. The summed E-state index contributed by atoms with van der Waals surface area (Å²) in [5, 5.41) is 12.4. The fourth-order valence-electron chi connectivity index (χ4n) is 5.57. The molecule has 3 aliphatic heterocycles. The highest BCUT2D eigenvalue weighted by Gasteiger charge is 2.72. The Morgan fingerprint density at radius 1 is 1.02 bits per heavy atom. The van der Waals surface area contributed by atoms with Crippen LogP contribution in [0.5, 0.6) is 11.5 Å². The molecule has 0 spiro atoms. The average molecular weight is 646 g/mol. The van der Waals surface area contributed by atoms with Crippen molar-refractivity contribution in [2.75, 3.05) is 44.4 Å². The lowest BCUT2D eigenvalue weighted by molar-refractivity contribution is -0.377. The molecule has 2 aromatic rings. The van der Waals surface area contributed by atoms with Crippen molar-refractivity contribution >= 4 is 23.5 Å².